The normalized spacial score (nSPS) is 10.6. The van der Waals surface area contributed by atoms with E-state index in [0.717, 1.165) is 10.9 Å². The second kappa shape index (κ2) is 6.58. The highest BCUT2D eigenvalue weighted by atomic mass is 16.5. The van der Waals surface area contributed by atoms with E-state index in [1.165, 1.54) is 0 Å². The molecule has 5 nitrogen and oxygen atoms in total. The van der Waals surface area contributed by atoms with E-state index in [0.29, 0.717) is 23.4 Å². The zero-order chi connectivity index (χ0) is 17.1. The van der Waals surface area contributed by atoms with Crippen LogP contribution in [-0.2, 0) is 4.74 Å². The Morgan fingerprint density at radius 3 is 2.54 bits per heavy atom. The molecule has 0 bridgehead atoms. The van der Waals surface area contributed by atoms with Crippen molar-refractivity contribution in [3.63, 3.8) is 0 Å². The first-order valence-electron chi connectivity index (χ1n) is 7.66. The van der Waals surface area contributed by atoms with Crippen molar-refractivity contribution >= 4 is 28.5 Å². The van der Waals surface area contributed by atoms with E-state index in [4.69, 9.17) is 9.15 Å². The quantitative estimate of drug-likeness (QED) is 0.732. The summed E-state index contributed by atoms with van der Waals surface area (Å²) in [5.41, 5.74) is 2.70. The fraction of sp³-hybridized carbons (Fsp3) is 0.158. The van der Waals surface area contributed by atoms with Crippen molar-refractivity contribution in [2.24, 2.45) is 0 Å². The molecule has 0 spiro atoms. The van der Waals surface area contributed by atoms with Gasteiger partial charge in [0, 0.05) is 11.1 Å². The first kappa shape index (κ1) is 15.8. The van der Waals surface area contributed by atoms with Crippen molar-refractivity contribution in [3.8, 4) is 0 Å². The summed E-state index contributed by atoms with van der Waals surface area (Å²) in [6.45, 7) is 4.01. The predicted octanol–water partition coefficient (Wildman–Crippen LogP) is 4.17. The number of anilines is 1. The molecular formula is C19H17NO4. The highest BCUT2D eigenvalue weighted by Gasteiger charge is 2.14. The van der Waals surface area contributed by atoms with Gasteiger partial charge in [0.1, 0.15) is 5.58 Å². The Morgan fingerprint density at radius 2 is 1.88 bits per heavy atom. The van der Waals surface area contributed by atoms with Gasteiger partial charge < -0.3 is 14.5 Å². The molecule has 0 saturated carbocycles. The molecule has 3 rings (SSSR count). The Morgan fingerprint density at radius 1 is 1.12 bits per heavy atom. The second-order valence-electron chi connectivity index (χ2n) is 5.36. The molecule has 0 aliphatic rings. The second-order valence-corrected chi connectivity index (χ2v) is 5.36. The third kappa shape index (κ3) is 3.15. The van der Waals surface area contributed by atoms with Crippen molar-refractivity contribution in [2.45, 2.75) is 13.8 Å². The van der Waals surface area contributed by atoms with Gasteiger partial charge in [0.25, 0.3) is 5.91 Å². The molecule has 0 saturated heterocycles. The summed E-state index contributed by atoms with van der Waals surface area (Å²) in [4.78, 5) is 23.9. The summed E-state index contributed by atoms with van der Waals surface area (Å²) in [5.74, 6) is -0.480. The number of furan rings is 1. The average Bonchev–Trinajstić information content (AvgIpc) is 3.01. The topological polar surface area (TPSA) is 68.5 Å². The number of benzene rings is 2. The molecule has 24 heavy (non-hydrogen) atoms. The number of carbonyl (C=O) groups excluding carboxylic acids is 2. The molecule has 1 heterocycles. The molecule has 0 atom stereocenters. The van der Waals surface area contributed by atoms with Gasteiger partial charge in [0.2, 0.25) is 0 Å². The lowest BCUT2D eigenvalue weighted by molar-refractivity contribution is 0.0526. The van der Waals surface area contributed by atoms with Gasteiger partial charge in [-0.25, -0.2) is 4.79 Å². The van der Waals surface area contributed by atoms with Crippen molar-refractivity contribution in [3.05, 3.63) is 65.4 Å². The zero-order valence-corrected chi connectivity index (χ0v) is 13.5. The Bertz CT molecular complexity index is 893. The van der Waals surface area contributed by atoms with Gasteiger partial charge in [-0.3, -0.25) is 4.79 Å². The summed E-state index contributed by atoms with van der Waals surface area (Å²) in [6, 6.07) is 14.0. The van der Waals surface area contributed by atoms with Gasteiger partial charge in [-0.05, 0) is 49.7 Å². The molecule has 0 aliphatic heterocycles. The molecule has 0 aliphatic carbocycles. The molecular weight excluding hydrogens is 306 g/mol. The number of fused-ring (bicyclic) bond motifs is 1. The minimum atomic E-state index is -0.386. The number of hydrogen-bond acceptors (Lipinski definition) is 4. The average molecular weight is 323 g/mol. The summed E-state index contributed by atoms with van der Waals surface area (Å²) < 4.78 is 10.6. The van der Waals surface area contributed by atoms with E-state index in [1.807, 2.05) is 25.1 Å². The Labute approximate surface area is 139 Å². The van der Waals surface area contributed by atoms with E-state index in [2.05, 4.69) is 5.32 Å². The molecule has 1 N–H and O–H groups in total. The first-order chi connectivity index (χ1) is 11.6. The number of esters is 1. The van der Waals surface area contributed by atoms with Gasteiger partial charge in [0.15, 0.2) is 5.76 Å². The van der Waals surface area contributed by atoms with Gasteiger partial charge in [-0.1, -0.05) is 18.2 Å². The number of rotatable bonds is 4. The molecule has 3 aromatic rings. The first-order valence-corrected chi connectivity index (χ1v) is 7.66. The minimum absolute atomic E-state index is 0.244. The lowest BCUT2D eigenvalue weighted by Gasteiger charge is -2.05. The number of ether oxygens (including phenoxy) is 1. The monoisotopic (exact) mass is 323 g/mol. The van der Waals surface area contributed by atoms with Gasteiger partial charge >= 0.3 is 5.97 Å². The highest BCUT2D eigenvalue weighted by molar-refractivity contribution is 6.05. The molecule has 1 amide bonds. The van der Waals surface area contributed by atoms with Crippen LogP contribution in [0, 0.1) is 6.92 Å². The highest BCUT2D eigenvalue weighted by Crippen LogP contribution is 2.23. The van der Waals surface area contributed by atoms with Crippen molar-refractivity contribution in [2.75, 3.05) is 11.9 Å². The zero-order valence-electron chi connectivity index (χ0n) is 13.5. The van der Waals surface area contributed by atoms with Crippen LogP contribution in [0.2, 0.25) is 0 Å². The fourth-order valence-electron chi connectivity index (χ4n) is 2.42. The maximum atomic E-state index is 12.3. The number of nitrogens with one attached hydrogen (secondary N) is 1. The fourth-order valence-corrected chi connectivity index (χ4v) is 2.42. The number of amides is 1. The molecule has 0 fully saturated rings. The standard InChI is InChI=1S/C19H17NO4/c1-3-23-19(22)13-7-9-15(10-8-13)20-18(21)16-11-14-6-4-5-12(2)17(14)24-16/h4-11H,3H2,1-2H3,(H,20,21). The van der Waals surface area contributed by atoms with E-state index in [-0.39, 0.29) is 17.6 Å². The summed E-state index contributed by atoms with van der Waals surface area (Å²) in [6.07, 6.45) is 0. The Kier molecular flexibility index (Phi) is 4.33. The van der Waals surface area contributed by atoms with Crippen molar-refractivity contribution in [1.82, 2.24) is 0 Å². The number of para-hydroxylation sites is 1. The van der Waals surface area contributed by atoms with Crippen LogP contribution in [0.3, 0.4) is 0 Å². The Hall–Kier alpha value is -3.08. The van der Waals surface area contributed by atoms with Crippen LogP contribution in [0.1, 0.15) is 33.4 Å². The lowest BCUT2D eigenvalue weighted by atomic mass is 10.2. The number of aryl methyl sites for hydroxylation is 1. The third-order valence-electron chi connectivity index (χ3n) is 3.62. The summed E-state index contributed by atoms with van der Waals surface area (Å²) in [7, 11) is 0. The van der Waals surface area contributed by atoms with Gasteiger partial charge in [-0.2, -0.15) is 0 Å². The predicted molar refractivity (Wildman–Crippen MR) is 91.3 cm³/mol. The molecule has 5 heteroatoms. The van der Waals surface area contributed by atoms with Crippen LogP contribution in [0.5, 0.6) is 0 Å². The van der Waals surface area contributed by atoms with Crippen LogP contribution < -0.4 is 5.32 Å². The van der Waals surface area contributed by atoms with E-state index >= 15 is 0 Å². The van der Waals surface area contributed by atoms with Crippen molar-refractivity contribution in [1.29, 1.82) is 0 Å². The van der Waals surface area contributed by atoms with Crippen LogP contribution in [-0.4, -0.2) is 18.5 Å². The van der Waals surface area contributed by atoms with E-state index < -0.39 is 0 Å². The molecule has 0 radical (unpaired) electrons. The molecule has 1 aromatic heterocycles. The van der Waals surface area contributed by atoms with Gasteiger partial charge in [0.05, 0.1) is 12.2 Å². The Balaban J connectivity index is 1.76. The van der Waals surface area contributed by atoms with Crippen molar-refractivity contribution < 1.29 is 18.7 Å². The molecule has 0 unspecified atom stereocenters. The van der Waals surface area contributed by atoms with Crippen LogP contribution in [0.4, 0.5) is 5.69 Å². The SMILES string of the molecule is CCOC(=O)c1ccc(NC(=O)c2cc3cccc(C)c3o2)cc1. The van der Waals surface area contributed by atoms with E-state index in [9.17, 15) is 9.59 Å². The summed E-state index contributed by atoms with van der Waals surface area (Å²) >= 11 is 0. The third-order valence-corrected chi connectivity index (χ3v) is 3.62. The number of hydrogen-bond donors (Lipinski definition) is 1. The summed E-state index contributed by atoms with van der Waals surface area (Å²) in [5, 5.41) is 3.64. The maximum absolute atomic E-state index is 12.3. The van der Waals surface area contributed by atoms with E-state index in [1.54, 1.807) is 37.3 Å². The molecule has 122 valence electrons. The largest absolute Gasteiger partial charge is 0.462 e. The number of carbonyl (C=O) groups is 2. The van der Waals surface area contributed by atoms with Crippen LogP contribution in [0.15, 0.2) is 52.9 Å². The van der Waals surface area contributed by atoms with Crippen LogP contribution >= 0.6 is 0 Å². The minimum Gasteiger partial charge on any atom is -0.462 e. The maximum Gasteiger partial charge on any atom is 0.338 e. The molecule has 2 aromatic carbocycles. The van der Waals surface area contributed by atoms with Gasteiger partial charge in [-0.15, -0.1) is 0 Å². The smallest absolute Gasteiger partial charge is 0.338 e. The van der Waals surface area contributed by atoms with Crippen LogP contribution in [0.25, 0.3) is 11.0 Å². The lowest BCUT2D eigenvalue weighted by Crippen LogP contribution is -2.11.